The van der Waals surface area contributed by atoms with E-state index in [1.165, 1.54) is 38.5 Å². The Labute approximate surface area is 153 Å². The smallest absolute Gasteiger partial charge is 0.272 e. The van der Waals surface area contributed by atoms with Gasteiger partial charge < -0.3 is 4.90 Å². The van der Waals surface area contributed by atoms with Gasteiger partial charge in [-0.25, -0.2) is 9.97 Å². The second kappa shape index (κ2) is 5.89. The maximum Gasteiger partial charge on any atom is 0.272 e. The highest BCUT2D eigenvalue weighted by molar-refractivity contribution is 5.92. The van der Waals surface area contributed by atoms with E-state index < -0.39 is 0 Å². The lowest BCUT2D eigenvalue weighted by molar-refractivity contribution is 0.0767. The van der Waals surface area contributed by atoms with Crippen molar-refractivity contribution in [2.24, 2.45) is 5.41 Å². The van der Waals surface area contributed by atoms with E-state index in [1.54, 1.807) is 0 Å². The molecular formula is C20H25N5O. The standard InChI is InChI=1S/C20H25N5O/c1-13-5-4-6-16(21-13)19(26)25-11-15(20(12-25)9-2-3-10-20)18-22-17(23-24-18)14-7-8-14/h4-6,14-15H,2-3,7-12H2,1H3,(H,22,23,24). The van der Waals surface area contributed by atoms with Crippen LogP contribution in [-0.4, -0.2) is 44.1 Å². The second-order valence-corrected chi connectivity index (χ2v) is 8.33. The van der Waals surface area contributed by atoms with Crippen LogP contribution < -0.4 is 0 Å². The summed E-state index contributed by atoms with van der Waals surface area (Å²) in [7, 11) is 0. The van der Waals surface area contributed by atoms with E-state index in [9.17, 15) is 4.79 Å². The molecule has 0 bridgehead atoms. The molecule has 1 atom stereocenters. The number of rotatable bonds is 3. The third kappa shape index (κ3) is 2.63. The van der Waals surface area contributed by atoms with E-state index in [0.717, 1.165) is 23.9 Å². The molecule has 1 N–H and O–H groups in total. The fraction of sp³-hybridized carbons (Fsp3) is 0.600. The van der Waals surface area contributed by atoms with Crippen molar-refractivity contribution < 1.29 is 4.79 Å². The van der Waals surface area contributed by atoms with Crippen molar-refractivity contribution in [2.45, 2.75) is 57.3 Å². The molecule has 6 nitrogen and oxygen atoms in total. The van der Waals surface area contributed by atoms with E-state index in [0.29, 0.717) is 18.2 Å². The molecule has 0 aromatic carbocycles. The highest BCUT2D eigenvalue weighted by Gasteiger charge is 2.51. The number of aromatic nitrogens is 4. The summed E-state index contributed by atoms with van der Waals surface area (Å²) in [5, 5.41) is 7.68. The van der Waals surface area contributed by atoms with Crippen molar-refractivity contribution in [1.82, 2.24) is 25.1 Å². The van der Waals surface area contributed by atoms with Crippen molar-refractivity contribution in [3.05, 3.63) is 41.2 Å². The van der Waals surface area contributed by atoms with E-state index in [2.05, 4.69) is 15.2 Å². The van der Waals surface area contributed by atoms with E-state index >= 15 is 0 Å². The Morgan fingerprint density at radius 1 is 1.23 bits per heavy atom. The maximum atomic E-state index is 13.1. The van der Waals surface area contributed by atoms with E-state index in [-0.39, 0.29) is 17.2 Å². The predicted molar refractivity (Wildman–Crippen MR) is 96.9 cm³/mol. The summed E-state index contributed by atoms with van der Waals surface area (Å²) in [5.74, 6) is 2.82. The number of likely N-dealkylation sites (tertiary alicyclic amines) is 1. The number of amides is 1. The van der Waals surface area contributed by atoms with Gasteiger partial charge in [-0.05, 0) is 50.2 Å². The monoisotopic (exact) mass is 351 g/mol. The minimum atomic E-state index is 0.0457. The molecule has 0 radical (unpaired) electrons. The lowest BCUT2D eigenvalue weighted by Crippen LogP contribution is -2.31. The zero-order valence-electron chi connectivity index (χ0n) is 15.2. The van der Waals surface area contributed by atoms with Gasteiger partial charge >= 0.3 is 0 Å². The molecule has 2 aromatic heterocycles. The van der Waals surface area contributed by atoms with Crippen LogP contribution in [0, 0.1) is 12.3 Å². The molecule has 1 amide bonds. The number of carbonyl (C=O) groups is 1. The van der Waals surface area contributed by atoms with Gasteiger partial charge in [-0.15, -0.1) is 0 Å². The Morgan fingerprint density at radius 3 is 2.77 bits per heavy atom. The third-order valence-electron chi connectivity index (χ3n) is 6.43. The average Bonchev–Trinajstić information content (AvgIpc) is 3.08. The SMILES string of the molecule is Cc1cccc(C(=O)N2CC(c3nc(C4CC4)n[nH]3)C3(CCCC3)C2)n1. The van der Waals surface area contributed by atoms with Crippen LogP contribution in [0.15, 0.2) is 18.2 Å². The number of H-pyrrole nitrogens is 1. The molecule has 1 spiro atoms. The summed E-state index contributed by atoms with van der Waals surface area (Å²) in [6.07, 6.45) is 7.23. The molecule has 2 saturated carbocycles. The molecule has 6 heteroatoms. The summed E-state index contributed by atoms with van der Waals surface area (Å²) in [5.41, 5.74) is 1.58. The number of nitrogens with one attached hydrogen (secondary N) is 1. The molecular weight excluding hydrogens is 326 g/mol. The number of aryl methyl sites for hydroxylation is 1. The first-order valence-electron chi connectivity index (χ1n) is 9.80. The zero-order chi connectivity index (χ0) is 17.7. The number of hydrogen-bond acceptors (Lipinski definition) is 4. The highest BCUT2D eigenvalue weighted by atomic mass is 16.2. The molecule has 3 heterocycles. The minimum Gasteiger partial charge on any atom is -0.336 e. The highest BCUT2D eigenvalue weighted by Crippen LogP contribution is 2.53. The van der Waals surface area contributed by atoms with Crippen LogP contribution >= 0.6 is 0 Å². The van der Waals surface area contributed by atoms with Crippen molar-refractivity contribution in [2.75, 3.05) is 13.1 Å². The van der Waals surface area contributed by atoms with Crippen molar-refractivity contribution in [3.63, 3.8) is 0 Å². The van der Waals surface area contributed by atoms with Crippen LogP contribution in [0.2, 0.25) is 0 Å². The van der Waals surface area contributed by atoms with Gasteiger partial charge in [-0.1, -0.05) is 18.9 Å². The number of nitrogens with zero attached hydrogens (tertiary/aromatic N) is 4. The van der Waals surface area contributed by atoms with Crippen LogP contribution in [0.1, 0.15) is 78.2 Å². The lowest BCUT2D eigenvalue weighted by atomic mass is 9.76. The summed E-state index contributed by atoms with van der Waals surface area (Å²) in [6, 6.07) is 5.66. The summed E-state index contributed by atoms with van der Waals surface area (Å²) in [4.78, 5) is 24.3. The Kier molecular flexibility index (Phi) is 3.62. The summed E-state index contributed by atoms with van der Waals surface area (Å²) in [6.45, 7) is 3.45. The summed E-state index contributed by atoms with van der Waals surface area (Å²) >= 11 is 0. The van der Waals surface area contributed by atoms with Gasteiger partial charge in [-0.3, -0.25) is 9.89 Å². The molecule has 3 fully saturated rings. The van der Waals surface area contributed by atoms with E-state index in [4.69, 9.17) is 4.98 Å². The van der Waals surface area contributed by atoms with Crippen molar-refractivity contribution >= 4 is 5.91 Å². The molecule has 136 valence electrons. The molecule has 1 saturated heterocycles. The Hall–Kier alpha value is -2.24. The first-order chi connectivity index (χ1) is 12.6. The van der Waals surface area contributed by atoms with Gasteiger partial charge in [-0.2, -0.15) is 5.10 Å². The van der Waals surface area contributed by atoms with Crippen LogP contribution in [0.5, 0.6) is 0 Å². The quantitative estimate of drug-likeness (QED) is 0.921. The zero-order valence-corrected chi connectivity index (χ0v) is 15.2. The minimum absolute atomic E-state index is 0.0457. The van der Waals surface area contributed by atoms with Gasteiger partial charge in [0.25, 0.3) is 5.91 Å². The second-order valence-electron chi connectivity index (χ2n) is 8.33. The van der Waals surface area contributed by atoms with Gasteiger partial charge in [0.2, 0.25) is 0 Å². The van der Waals surface area contributed by atoms with Crippen LogP contribution in [0.4, 0.5) is 0 Å². The fourth-order valence-corrected chi connectivity index (χ4v) is 4.88. The van der Waals surface area contributed by atoms with Crippen LogP contribution in [0.3, 0.4) is 0 Å². The van der Waals surface area contributed by atoms with Gasteiger partial charge in [0, 0.05) is 30.6 Å². The van der Waals surface area contributed by atoms with Crippen molar-refractivity contribution in [1.29, 1.82) is 0 Å². The molecule has 3 aliphatic rings. The largest absolute Gasteiger partial charge is 0.336 e. The molecule has 26 heavy (non-hydrogen) atoms. The van der Waals surface area contributed by atoms with Crippen molar-refractivity contribution in [3.8, 4) is 0 Å². The maximum absolute atomic E-state index is 13.1. The lowest BCUT2D eigenvalue weighted by Gasteiger charge is -2.28. The van der Waals surface area contributed by atoms with Crippen LogP contribution in [0.25, 0.3) is 0 Å². The average molecular weight is 351 g/mol. The van der Waals surface area contributed by atoms with E-state index in [1.807, 2.05) is 30.0 Å². The van der Waals surface area contributed by atoms with Gasteiger partial charge in [0.05, 0.1) is 0 Å². The molecule has 5 rings (SSSR count). The normalized spacial score (nSPS) is 24.5. The Bertz CT molecular complexity index is 834. The molecule has 2 aliphatic carbocycles. The predicted octanol–water partition coefficient (Wildman–Crippen LogP) is 3.19. The first-order valence-corrected chi connectivity index (χ1v) is 9.80. The first kappa shape index (κ1) is 16.0. The summed E-state index contributed by atoms with van der Waals surface area (Å²) < 4.78 is 0. The number of hydrogen-bond donors (Lipinski definition) is 1. The fourth-order valence-electron chi connectivity index (χ4n) is 4.88. The number of carbonyl (C=O) groups excluding carboxylic acids is 1. The molecule has 1 aliphatic heterocycles. The van der Waals surface area contributed by atoms with Gasteiger partial charge in [0.1, 0.15) is 11.5 Å². The number of pyridine rings is 1. The Morgan fingerprint density at radius 2 is 2.04 bits per heavy atom. The van der Waals surface area contributed by atoms with Crippen LogP contribution in [-0.2, 0) is 0 Å². The molecule has 1 unspecified atom stereocenters. The number of aromatic amines is 1. The van der Waals surface area contributed by atoms with Gasteiger partial charge in [0.15, 0.2) is 5.82 Å². The molecule has 2 aromatic rings. The Balaban J connectivity index is 1.43. The third-order valence-corrected chi connectivity index (χ3v) is 6.43. The topological polar surface area (TPSA) is 74.8 Å².